The lowest BCUT2D eigenvalue weighted by atomic mass is 10.2. The molecule has 7 heteroatoms. The van der Waals surface area contributed by atoms with Crippen LogP contribution < -0.4 is 4.74 Å². The molecule has 1 saturated heterocycles. The molecule has 7 nitrogen and oxygen atoms in total. The van der Waals surface area contributed by atoms with Gasteiger partial charge in [-0.05, 0) is 31.9 Å². The van der Waals surface area contributed by atoms with Gasteiger partial charge in [0.1, 0.15) is 17.6 Å². The summed E-state index contributed by atoms with van der Waals surface area (Å²) in [4.78, 5) is 8.55. The van der Waals surface area contributed by atoms with Gasteiger partial charge in [-0.1, -0.05) is 17.3 Å². The second-order valence-electron chi connectivity index (χ2n) is 5.64. The maximum Gasteiger partial charge on any atom is 0.256 e. The first kappa shape index (κ1) is 14.9. The molecule has 0 bridgehead atoms. The van der Waals surface area contributed by atoms with E-state index >= 15 is 0 Å². The summed E-state index contributed by atoms with van der Waals surface area (Å²) in [6, 6.07) is 7.51. The number of nitrogens with zero attached hydrogens (tertiary/aromatic N) is 3. The minimum atomic E-state index is -0.0843. The van der Waals surface area contributed by atoms with E-state index in [1.54, 1.807) is 6.20 Å². The summed E-state index contributed by atoms with van der Waals surface area (Å²) in [5.41, 5.74) is 0.823. The molecule has 1 fully saturated rings. The Labute approximate surface area is 138 Å². The zero-order chi connectivity index (χ0) is 16.4. The van der Waals surface area contributed by atoms with Crippen molar-refractivity contribution in [1.29, 1.82) is 0 Å². The van der Waals surface area contributed by atoms with Crippen molar-refractivity contribution in [1.82, 2.24) is 15.1 Å². The first-order chi connectivity index (χ1) is 11.8. The molecule has 1 aliphatic heterocycles. The molecule has 2 aromatic heterocycles. The van der Waals surface area contributed by atoms with Crippen LogP contribution in [0.2, 0.25) is 0 Å². The lowest BCUT2D eigenvalue weighted by Gasteiger charge is -2.04. The van der Waals surface area contributed by atoms with Crippen LogP contribution >= 0.6 is 0 Å². The highest BCUT2D eigenvalue weighted by atomic mass is 16.5. The van der Waals surface area contributed by atoms with E-state index in [9.17, 15) is 0 Å². The second kappa shape index (κ2) is 6.45. The van der Waals surface area contributed by atoms with Crippen LogP contribution in [0.3, 0.4) is 0 Å². The molecule has 3 aromatic rings. The third kappa shape index (κ3) is 3.16. The van der Waals surface area contributed by atoms with E-state index < -0.39 is 0 Å². The molecule has 0 N–H and O–H groups in total. The summed E-state index contributed by atoms with van der Waals surface area (Å²) in [5.74, 6) is 3.04. The van der Waals surface area contributed by atoms with Gasteiger partial charge < -0.3 is 18.4 Å². The molecule has 0 amide bonds. The van der Waals surface area contributed by atoms with Gasteiger partial charge in [0.05, 0.1) is 6.20 Å². The largest absolute Gasteiger partial charge is 0.484 e. The number of hydrogen-bond donors (Lipinski definition) is 0. The highest BCUT2D eigenvalue weighted by molar-refractivity contribution is 5.56. The van der Waals surface area contributed by atoms with Crippen LogP contribution in [0, 0.1) is 6.92 Å². The number of oxazole rings is 1. The number of benzene rings is 1. The molecule has 3 heterocycles. The summed E-state index contributed by atoms with van der Waals surface area (Å²) < 4.78 is 22.0. The summed E-state index contributed by atoms with van der Waals surface area (Å²) >= 11 is 0. The Morgan fingerprint density at radius 2 is 2.29 bits per heavy atom. The molecule has 24 heavy (non-hydrogen) atoms. The quantitative estimate of drug-likeness (QED) is 0.709. The first-order valence-corrected chi connectivity index (χ1v) is 7.88. The summed E-state index contributed by atoms with van der Waals surface area (Å²) in [7, 11) is 0. The standard InChI is InChI=1S/C17H17N3O4/c1-11-9-18-15(23-11)10-22-13-5-2-4-12(8-13)16-19-17(24-20-16)14-6-3-7-21-14/h2,4-5,8-9,14H,3,6-7,10H2,1H3. The van der Waals surface area contributed by atoms with Crippen LogP contribution in [-0.2, 0) is 11.3 Å². The molecule has 1 aromatic carbocycles. The van der Waals surface area contributed by atoms with Crippen molar-refractivity contribution in [3.63, 3.8) is 0 Å². The van der Waals surface area contributed by atoms with Crippen LogP contribution in [0.15, 0.2) is 39.4 Å². The fourth-order valence-corrected chi connectivity index (χ4v) is 2.59. The molecule has 4 rings (SSSR count). The van der Waals surface area contributed by atoms with Crippen LogP contribution in [0.4, 0.5) is 0 Å². The van der Waals surface area contributed by atoms with Crippen LogP contribution in [0.5, 0.6) is 5.75 Å². The fourth-order valence-electron chi connectivity index (χ4n) is 2.59. The predicted molar refractivity (Wildman–Crippen MR) is 83.2 cm³/mol. The Balaban J connectivity index is 1.47. The number of rotatable bonds is 5. The highest BCUT2D eigenvalue weighted by Gasteiger charge is 2.24. The zero-order valence-electron chi connectivity index (χ0n) is 13.3. The molecule has 1 atom stereocenters. The van der Waals surface area contributed by atoms with Crippen LogP contribution in [-0.4, -0.2) is 21.7 Å². The molecule has 0 radical (unpaired) electrons. The molecule has 0 saturated carbocycles. The van der Waals surface area contributed by atoms with Gasteiger partial charge in [-0.25, -0.2) is 4.98 Å². The molecular formula is C17H17N3O4. The van der Waals surface area contributed by atoms with Crippen LogP contribution in [0.25, 0.3) is 11.4 Å². The Bertz CT molecular complexity index is 821. The minimum absolute atomic E-state index is 0.0843. The average Bonchev–Trinajstić information content (AvgIpc) is 3.34. The van der Waals surface area contributed by atoms with Gasteiger partial charge >= 0.3 is 0 Å². The second-order valence-corrected chi connectivity index (χ2v) is 5.64. The maximum absolute atomic E-state index is 5.71. The molecule has 0 aliphatic carbocycles. The number of aromatic nitrogens is 3. The molecule has 124 valence electrons. The van der Waals surface area contributed by atoms with Gasteiger partial charge in [0.15, 0.2) is 6.61 Å². The lowest BCUT2D eigenvalue weighted by Crippen LogP contribution is -1.96. The molecule has 1 aliphatic rings. The van der Waals surface area contributed by atoms with Crippen molar-refractivity contribution >= 4 is 0 Å². The Hall–Kier alpha value is -2.67. The van der Waals surface area contributed by atoms with E-state index in [-0.39, 0.29) is 12.7 Å². The highest BCUT2D eigenvalue weighted by Crippen LogP contribution is 2.29. The lowest BCUT2D eigenvalue weighted by molar-refractivity contribution is 0.0835. The van der Waals surface area contributed by atoms with E-state index in [1.807, 2.05) is 31.2 Å². The molecule has 0 spiro atoms. The maximum atomic E-state index is 5.71. The minimum Gasteiger partial charge on any atom is -0.484 e. The van der Waals surface area contributed by atoms with E-state index in [2.05, 4.69) is 15.1 Å². The fraction of sp³-hybridized carbons (Fsp3) is 0.353. The first-order valence-electron chi connectivity index (χ1n) is 7.88. The third-order valence-electron chi connectivity index (χ3n) is 3.77. The van der Waals surface area contributed by atoms with E-state index in [0.717, 1.165) is 30.8 Å². The topological polar surface area (TPSA) is 83.4 Å². The van der Waals surface area contributed by atoms with E-state index in [0.29, 0.717) is 23.4 Å². The van der Waals surface area contributed by atoms with Gasteiger partial charge in [-0.15, -0.1) is 0 Å². The van der Waals surface area contributed by atoms with Gasteiger partial charge in [0.25, 0.3) is 5.89 Å². The number of ether oxygens (including phenoxy) is 2. The van der Waals surface area contributed by atoms with Crippen molar-refractivity contribution in [2.45, 2.75) is 32.5 Å². The predicted octanol–water partition coefficient (Wildman–Crippen LogP) is 3.46. The number of aryl methyl sites for hydroxylation is 1. The Morgan fingerprint density at radius 1 is 1.33 bits per heavy atom. The van der Waals surface area contributed by atoms with Crippen LogP contribution in [0.1, 0.15) is 36.5 Å². The monoisotopic (exact) mass is 327 g/mol. The van der Waals surface area contributed by atoms with Crippen molar-refractivity contribution in [2.24, 2.45) is 0 Å². The Morgan fingerprint density at radius 3 is 3.08 bits per heavy atom. The normalized spacial score (nSPS) is 17.3. The SMILES string of the molecule is Cc1cnc(COc2cccc(-c3noc(C4CCCO4)n3)c2)o1. The van der Waals surface area contributed by atoms with Crippen molar-refractivity contribution in [3.05, 3.63) is 48.0 Å². The van der Waals surface area contributed by atoms with Gasteiger partial charge in [-0.3, -0.25) is 0 Å². The average molecular weight is 327 g/mol. The van der Waals surface area contributed by atoms with Crippen molar-refractivity contribution in [3.8, 4) is 17.1 Å². The van der Waals surface area contributed by atoms with Crippen molar-refractivity contribution < 1.29 is 18.4 Å². The molecule has 1 unspecified atom stereocenters. The summed E-state index contributed by atoms with van der Waals surface area (Å²) in [6.07, 6.45) is 3.52. The third-order valence-corrected chi connectivity index (χ3v) is 3.77. The summed E-state index contributed by atoms with van der Waals surface area (Å²) in [5, 5.41) is 4.04. The Kier molecular flexibility index (Phi) is 4.00. The smallest absolute Gasteiger partial charge is 0.256 e. The van der Waals surface area contributed by atoms with Gasteiger partial charge in [-0.2, -0.15) is 4.98 Å². The number of hydrogen-bond acceptors (Lipinski definition) is 7. The van der Waals surface area contributed by atoms with Crippen molar-refractivity contribution in [2.75, 3.05) is 6.61 Å². The zero-order valence-corrected chi connectivity index (χ0v) is 13.3. The van der Waals surface area contributed by atoms with Gasteiger partial charge in [0.2, 0.25) is 11.7 Å². The summed E-state index contributed by atoms with van der Waals surface area (Å²) in [6.45, 7) is 2.86. The van der Waals surface area contributed by atoms with E-state index in [1.165, 1.54) is 0 Å². The van der Waals surface area contributed by atoms with E-state index in [4.69, 9.17) is 18.4 Å². The van der Waals surface area contributed by atoms with Gasteiger partial charge in [0, 0.05) is 12.2 Å². The molecular weight excluding hydrogens is 310 g/mol.